The van der Waals surface area contributed by atoms with Gasteiger partial charge in [-0.25, -0.2) is 4.98 Å². The monoisotopic (exact) mass is 443 g/mol. The SMILES string of the molecule is NC(=O)c1cnc(N[C@@H]2CCCC[C@@H]2N)nc1NC1C=CC=C2NC(c3ccccc3)=CC21. The van der Waals surface area contributed by atoms with Gasteiger partial charge in [0, 0.05) is 35.6 Å². The molecule has 4 atom stereocenters. The molecule has 1 saturated carbocycles. The Kier molecular flexibility index (Phi) is 5.83. The third-order valence-electron chi connectivity index (χ3n) is 6.54. The highest BCUT2D eigenvalue weighted by Gasteiger charge is 2.31. The fourth-order valence-electron chi connectivity index (χ4n) is 4.73. The molecular formula is C25H29N7O. The summed E-state index contributed by atoms with van der Waals surface area (Å²) in [7, 11) is 0. The van der Waals surface area contributed by atoms with Crippen molar-refractivity contribution in [3.63, 3.8) is 0 Å². The van der Waals surface area contributed by atoms with Gasteiger partial charge in [0.1, 0.15) is 5.82 Å². The van der Waals surface area contributed by atoms with Crippen LogP contribution < -0.4 is 27.4 Å². The molecule has 0 bridgehead atoms. The largest absolute Gasteiger partial charge is 0.365 e. The van der Waals surface area contributed by atoms with Crippen LogP contribution in [0.15, 0.2) is 66.5 Å². The predicted molar refractivity (Wildman–Crippen MR) is 130 cm³/mol. The van der Waals surface area contributed by atoms with Crippen LogP contribution in [0.4, 0.5) is 11.8 Å². The number of allylic oxidation sites excluding steroid dienone is 2. The first-order valence-corrected chi connectivity index (χ1v) is 11.5. The molecule has 5 rings (SSSR count). The van der Waals surface area contributed by atoms with E-state index in [2.05, 4.69) is 56.3 Å². The molecule has 0 spiro atoms. The maximum Gasteiger partial charge on any atom is 0.254 e. The van der Waals surface area contributed by atoms with E-state index in [4.69, 9.17) is 11.5 Å². The lowest BCUT2D eigenvalue weighted by atomic mass is 9.91. The van der Waals surface area contributed by atoms with Crippen molar-refractivity contribution in [2.45, 2.75) is 43.8 Å². The number of hydrogen-bond acceptors (Lipinski definition) is 7. The third-order valence-corrected chi connectivity index (χ3v) is 6.54. The number of nitrogens with one attached hydrogen (secondary N) is 3. The first kappa shape index (κ1) is 21.2. The van der Waals surface area contributed by atoms with Crippen molar-refractivity contribution < 1.29 is 4.79 Å². The van der Waals surface area contributed by atoms with E-state index in [1.54, 1.807) is 0 Å². The van der Waals surface area contributed by atoms with E-state index in [1.165, 1.54) is 6.20 Å². The average Bonchev–Trinajstić information content (AvgIpc) is 3.27. The maximum atomic E-state index is 12.1. The summed E-state index contributed by atoms with van der Waals surface area (Å²) in [4.78, 5) is 21.0. The molecule has 1 aromatic heterocycles. The van der Waals surface area contributed by atoms with Crippen LogP contribution in [0.25, 0.3) is 5.70 Å². The van der Waals surface area contributed by atoms with Crippen LogP contribution in [-0.2, 0) is 0 Å². The van der Waals surface area contributed by atoms with E-state index in [0.29, 0.717) is 11.8 Å². The molecule has 0 radical (unpaired) electrons. The Morgan fingerprint density at radius 1 is 1.12 bits per heavy atom. The zero-order chi connectivity index (χ0) is 22.8. The maximum absolute atomic E-state index is 12.1. The summed E-state index contributed by atoms with van der Waals surface area (Å²) >= 11 is 0. The van der Waals surface area contributed by atoms with Gasteiger partial charge in [0.05, 0.1) is 11.6 Å². The molecule has 2 heterocycles. The second-order valence-electron chi connectivity index (χ2n) is 8.79. The molecule has 33 heavy (non-hydrogen) atoms. The quantitative estimate of drug-likeness (QED) is 0.464. The lowest BCUT2D eigenvalue weighted by Crippen LogP contribution is -2.43. The van der Waals surface area contributed by atoms with Crippen molar-refractivity contribution >= 4 is 23.4 Å². The number of carbonyl (C=O) groups is 1. The van der Waals surface area contributed by atoms with E-state index < -0.39 is 5.91 Å². The summed E-state index contributed by atoms with van der Waals surface area (Å²) in [5.74, 6) is 0.371. The number of hydrogen-bond donors (Lipinski definition) is 5. The fourth-order valence-corrected chi connectivity index (χ4v) is 4.73. The average molecular weight is 444 g/mol. The van der Waals surface area contributed by atoms with E-state index >= 15 is 0 Å². The van der Waals surface area contributed by atoms with Gasteiger partial charge in [-0.2, -0.15) is 4.98 Å². The standard InChI is InChI=1S/C25H29N7O/c26-18-9-4-5-10-21(18)31-25-28-14-17(23(27)33)24(32-25)30-20-12-6-11-19-16(20)13-22(29-19)15-7-2-1-3-8-15/h1-3,6-8,11-14,16,18,20-21,29H,4-5,9-10,26H2,(H2,27,33)(H2,28,30,31,32)/t16?,18-,20?,21+/m0/s1. The summed E-state index contributed by atoms with van der Waals surface area (Å²) in [6, 6.07) is 10.3. The highest BCUT2D eigenvalue weighted by atomic mass is 16.1. The van der Waals surface area contributed by atoms with Gasteiger partial charge in [0.15, 0.2) is 0 Å². The summed E-state index contributed by atoms with van der Waals surface area (Å²) in [5.41, 5.74) is 15.4. The van der Waals surface area contributed by atoms with Gasteiger partial charge >= 0.3 is 0 Å². The Hall–Kier alpha value is -3.65. The van der Waals surface area contributed by atoms with Crippen molar-refractivity contribution in [2.75, 3.05) is 10.6 Å². The molecule has 8 nitrogen and oxygen atoms in total. The molecule has 2 aliphatic carbocycles. The summed E-state index contributed by atoms with van der Waals surface area (Å²) in [6.07, 6.45) is 14.1. The second kappa shape index (κ2) is 9.07. The van der Waals surface area contributed by atoms with Crippen molar-refractivity contribution in [1.82, 2.24) is 15.3 Å². The molecule has 1 aromatic carbocycles. The van der Waals surface area contributed by atoms with Crippen LogP contribution in [0.1, 0.15) is 41.6 Å². The number of carbonyl (C=O) groups excluding carboxylic acids is 1. The van der Waals surface area contributed by atoms with Crippen LogP contribution in [0.3, 0.4) is 0 Å². The Morgan fingerprint density at radius 2 is 1.94 bits per heavy atom. The number of nitrogens with zero attached hydrogens (tertiary/aromatic N) is 2. The predicted octanol–water partition coefficient (Wildman–Crippen LogP) is 2.75. The third kappa shape index (κ3) is 4.47. The summed E-state index contributed by atoms with van der Waals surface area (Å²) in [6.45, 7) is 0. The minimum Gasteiger partial charge on any atom is -0.365 e. The highest BCUT2D eigenvalue weighted by Crippen LogP contribution is 2.33. The molecule has 1 aliphatic heterocycles. The highest BCUT2D eigenvalue weighted by molar-refractivity contribution is 5.97. The first-order chi connectivity index (χ1) is 16.1. The number of rotatable bonds is 6. The van der Waals surface area contributed by atoms with Gasteiger partial charge in [0.25, 0.3) is 5.91 Å². The molecule has 7 N–H and O–H groups in total. The zero-order valence-corrected chi connectivity index (χ0v) is 18.4. The van der Waals surface area contributed by atoms with E-state index in [0.717, 1.165) is 42.6 Å². The number of primary amides is 1. The Labute approximate surface area is 193 Å². The van der Waals surface area contributed by atoms with Gasteiger partial charge < -0.3 is 27.4 Å². The number of anilines is 2. The van der Waals surface area contributed by atoms with Crippen molar-refractivity contribution in [1.29, 1.82) is 0 Å². The topological polar surface area (TPSA) is 131 Å². The Morgan fingerprint density at radius 3 is 2.73 bits per heavy atom. The summed E-state index contributed by atoms with van der Waals surface area (Å²) in [5, 5.41) is 10.3. The second-order valence-corrected chi connectivity index (χ2v) is 8.79. The van der Waals surface area contributed by atoms with Crippen LogP contribution in [0.5, 0.6) is 0 Å². The molecular weight excluding hydrogens is 414 g/mol. The molecule has 170 valence electrons. The number of nitrogens with two attached hydrogens (primary N) is 2. The van der Waals surface area contributed by atoms with Crippen LogP contribution in [-0.4, -0.2) is 34.0 Å². The molecule has 2 aromatic rings. The lowest BCUT2D eigenvalue weighted by Gasteiger charge is -2.29. The van der Waals surface area contributed by atoms with Gasteiger partial charge in [-0.05, 0) is 30.6 Å². The molecule has 2 unspecified atom stereocenters. The zero-order valence-electron chi connectivity index (χ0n) is 18.4. The van der Waals surface area contributed by atoms with Gasteiger partial charge in [-0.3, -0.25) is 4.79 Å². The molecule has 8 heteroatoms. The smallest absolute Gasteiger partial charge is 0.254 e. The van der Waals surface area contributed by atoms with Crippen molar-refractivity contribution in [3.05, 3.63) is 77.7 Å². The summed E-state index contributed by atoms with van der Waals surface area (Å²) < 4.78 is 0. The normalized spacial score (nSPS) is 26.0. The van der Waals surface area contributed by atoms with Crippen molar-refractivity contribution in [3.8, 4) is 0 Å². The van der Waals surface area contributed by atoms with Crippen LogP contribution >= 0.6 is 0 Å². The molecule has 1 amide bonds. The van der Waals surface area contributed by atoms with E-state index in [9.17, 15) is 4.79 Å². The minimum atomic E-state index is -0.570. The fraction of sp³-hybridized carbons (Fsp3) is 0.320. The van der Waals surface area contributed by atoms with Crippen molar-refractivity contribution in [2.24, 2.45) is 17.4 Å². The molecule has 3 aliphatic rings. The van der Waals surface area contributed by atoms with Gasteiger partial charge in [-0.15, -0.1) is 0 Å². The minimum absolute atomic E-state index is 0.0645. The number of benzene rings is 1. The number of aromatic nitrogens is 2. The van der Waals surface area contributed by atoms with Gasteiger partial charge in [-0.1, -0.05) is 55.3 Å². The number of fused-ring (bicyclic) bond motifs is 1. The van der Waals surface area contributed by atoms with Crippen LogP contribution in [0.2, 0.25) is 0 Å². The Balaban J connectivity index is 1.39. The Bertz CT molecular complexity index is 1120. The molecule has 1 fully saturated rings. The van der Waals surface area contributed by atoms with E-state index in [-0.39, 0.29) is 29.6 Å². The first-order valence-electron chi connectivity index (χ1n) is 11.5. The van der Waals surface area contributed by atoms with Crippen LogP contribution in [0, 0.1) is 5.92 Å². The van der Waals surface area contributed by atoms with Gasteiger partial charge in [0.2, 0.25) is 5.95 Å². The number of amides is 1. The molecule has 0 saturated heterocycles. The van der Waals surface area contributed by atoms with E-state index in [1.807, 2.05) is 24.3 Å². The lowest BCUT2D eigenvalue weighted by molar-refractivity contribution is 0.100.